The minimum atomic E-state index is -0.0213. The maximum absolute atomic E-state index is 11.8. The van der Waals surface area contributed by atoms with Gasteiger partial charge in [0.05, 0.1) is 10.8 Å². The molecular weight excluding hydrogens is 246 g/mol. The summed E-state index contributed by atoms with van der Waals surface area (Å²) in [6, 6.07) is 7.00. The van der Waals surface area contributed by atoms with Crippen LogP contribution in [0.3, 0.4) is 0 Å². The lowest BCUT2D eigenvalue weighted by molar-refractivity contribution is 0.102. The maximum Gasteiger partial charge on any atom is 0.183 e. The fraction of sp³-hybridized carbons (Fsp3) is 0.100. The van der Waals surface area contributed by atoms with E-state index in [1.54, 1.807) is 24.3 Å². The molecule has 1 aromatic heterocycles. The molecule has 16 heavy (non-hydrogen) atoms. The Morgan fingerprint density at radius 3 is 2.94 bits per heavy atom. The molecule has 1 aromatic carbocycles. The first-order chi connectivity index (χ1) is 7.77. The van der Waals surface area contributed by atoms with Crippen molar-refractivity contribution in [2.75, 3.05) is 5.75 Å². The highest BCUT2D eigenvalue weighted by Crippen LogP contribution is 2.19. The number of hydrogen-bond acceptors (Lipinski definition) is 4. The van der Waals surface area contributed by atoms with Gasteiger partial charge in [-0.05, 0) is 12.1 Å². The van der Waals surface area contributed by atoms with Crippen molar-refractivity contribution in [3.63, 3.8) is 0 Å². The number of nitrogens with one attached hydrogen (secondary N) is 1. The van der Waals surface area contributed by atoms with Crippen molar-refractivity contribution in [2.24, 2.45) is 0 Å². The second kappa shape index (κ2) is 5.14. The Bertz CT molecular complexity index is 487. The molecule has 0 amide bonds. The first kappa shape index (κ1) is 11.2. The third kappa shape index (κ3) is 2.62. The number of Topliss-reactive ketones (excluding diaryl/α,β-unsaturated/α-hetero) is 1. The van der Waals surface area contributed by atoms with Crippen molar-refractivity contribution in [1.29, 1.82) is 0 Å². The smallest absolute Gasteiger partial charge is 0.183 e. The summed E-state index contributed by atoms with van der Waals surface area (Å²) in [6.45, 7) is 0. The molecule has 82 valence electrons. The SMILES string of the molecule is O=C(CSc1ncn[nH]1)c1ccccc1Cl. The van der Waals surface area contributed by atoms with Crippen molar-refractivity contribution in [2.45, 2.75) is 5.16 Å². The van der Waals surface area contributed by atoms with Crippen molar-refractivity contribution in [3.05, 3.63) is 41.2 Å². The Labute approximate surface area is 101 Å². The largest absolute Gasteiger partial charge is 0.293 e. The summed E-state index contributed by atoms with van der Waals surface area (Å²) in [5, 5.41) is 7.47. The average molecular weight is 254 g/mol. The fourth-order valence-corrected chi connectivity index (χ4v) is 2.07. The number of halogens is 1. The van der Waals surface area contributed by atoms with Gasteiger partial charge in [0.25, 0.3) is 0 Å². The highest BCUT2D eigenvalue weighted by atomic mass is 35.5. The van der Waals surface area contributed by atoms with E-state index in [-0.39, 0.29) is 5.78 Å². The van der Waals surface area contributed by atoms with Gasteiger partial charge in [-0.15, -0.1) is 0 Å². The monoisotopic (exact) mass is 253 g/mol. The molecule has 0 bridgehead atoms. The molecule has 1 heterocycles. The number of rotatable bonds is 4. The van der Waals surface area contributed by atoms with Crippen molar-refractivity contribution in [1.82, 2.24) is 15.2 Å². The van der Waals surface area contributed by atoms with Crippen LogP contribution < -0.4 is 0 Å². The summed E-state index contributed by atoms with van der Waals surface area (Å²) in [7, 11) is 0. The molecule has 2 aromatic rings. The van der Waals surface area contributed by atoms with E-state index < -0.39 is 0 Å². The number of carbonyl (C=O) groups excluding carboxylic acids is 1. The Balaban J connectivity index is 2.01. The van der Waals surface area contributed by atoms with Crippen LogP contribution in [0.4, 0.5) is 0 Å². The van der Waals surface area contributed by atoms with Crippen LogP contribution in [0.1, 0.15) is 10.4 Å². The van der Waals surface area contributed by atoms with Crippen LogP contribution in [0.25, 0.3) is 0 Å². The van der Waals surface area contributed by atoms with E-state index in [1.165, 1.54) is 18.1 Å². The number of ketones is 1. The number of aromatic amines is 1. The van der Waals surface area contributed by atoms with Crippen LogP contribution in [0.5, 0.6) is 0 Å². The molecule has 0 radical (unpaired) electrons. The molecule has 0 saturated heterocycles. The second-order valence-electron chi connectivity index (χ2n) is 2.98. The van der Waals surface area contributed by atoms with Gasteiger partial charge in [0, 0.05) is 5.56 Å². The zero-order valence-corrected chi connectivity index (χ0v) is 9.76. The molecule has 0 fully saturated rings. The zero-order valence-electron chi connectivity index (χ0n) is 8.18. The minimum absolute atomic E-state index is 0.0213. The molecule has 2 rings (SSSR count). The Morgan fingerprint density at radius 2 is 2.25 bits per heavy atom. The summed E-state index contributed by atoms with van der Waals surface area (Å²) in [5.41, 5.74) is 0.538. The first-order valence-corrected chi connectivity index (χ1v) is 5.89. The van der Waals surface area contributed by atoms with Gasteiger partial charge >= 0.3 is 0 Å². The van der Waals surface area contributed by atoms with Crippen LogP contribution in [0, 0.1) is 0 Å². The van der Waals surface area contributed by atoms with Gasteiger partial charge in [-0.25, -0.2) is 4.98 Å². The highest BCUT2D eigenvalue weighted by molar-refractivity contribution is 7.99. The summed E-state index contributed by atoms with van der Waals surface area (Å²) < 4.78 is 0. The molecule has 0 unspecified atom stereocenters. The van der Waals surface area contributed by atoms with E-state index in [0.29, 0.717) is 21.5 Å². The highest BCUT2D eigenvalue weighted by Gasteiger charge is 2.10. The number of carbonyl (C=O) groups is 1. The van der Waals surface area contributed by atoms with Crippen molar-refractivity contribution >= 4 is 29.1 Å². The Kier molecular flexibility index (Phi) is 3.58. The summed E-state index contributed by atoms with van der Waals surface area (Å²) in [5.74, 6) is 0.269. The summed E-state index contributed by atoms with van der Waals surface area (Å²) in [4.78, 5) is 15.7. The number of nitrogens with zero attached hydrogens (tertiary/aromatic N) is 2. The quantitative estimate of drug-likeness (QED) is 0.672. The van der Waals surface area contributed by atoms with Crippen LogP contribution in [0.15, 0.2) is 35.7 Å². The number of H-pyrrole nitrogens is 1. The Hall–Kier alpha value is -1.33. The molecule has 0 aliphatic carbocycles. The lowest BCUT2D eigenvalue weighted by atomic mass is 10.1. The van der Waals surface area contributed by atoms with E-state index in [9.17, 15) is 4.79 Å². The van der Waals surface area contributed by atoms with E-state index in [2.05, 4.69) is 15.2 Å². The van der Waals surface area contributed by atoms with E-state index in [1.807, 2.05) is 0 Å². The number of aromatic nitrogens is 3. The lowest BCUT2D eigenvalue weighted by Crippen LogP contribution is -2.03. The molecular formula is C10H8ClN3OS. The topological polar surface area (TPSA) is 58.6 Å². The second-order valence-corrected chi connectivity index (χ2v) is 4.35. The normalized spacial score (nSPS) is 10.3. The molecule has 0 aliphatic rings. The molecule has 6 heteroatoms. The summed E-state index contributed by atoms with van der Waals surface area (Å²) in [6.07, 6.45) is 1.41. The molecule has 0 spiro atoms. The van der Waals surface area contributed by atoms with Gasteiger partial charge < -0.3 is 0 Å². The van der Waals surface area contributed by atoms with Gasteiger partial charge in [0.2, 0.25) is 0 Å². The summed E-state index contributed by atoms with van der Waals surface area (Å²) >= 11 is 7.22. The van der Waals surface area contributed by atoms with Crippen LogP contribution in [-0.4, -0.2) is 26.7 Å². The molecule has 1 N–H and O–H groups in total. The molecule has 0 saturated carbocycles. The van der Waals surface area contributed by atoms with Gasteiger partial charge in [-0.3, -0.25) is 9.89 Å². The third-order valence-corrected chi connectivity index (χ3v) is 3.11. The van der Waals surface area contributed by atoms with Gasteiger partial charge in [-0.2, -0.15) is 5.10 Å². The first-order valence-electron chi connectivity index (χ1n) is 4.53. The van der Waals surface area contributed by atoms with Crippen LogP contribution >= 0.6 is 23.4 Å². The van der Waals surface area contributed by atoms with E-state index in [4.69, 9.17) is 11.6 Å². The van der Waals surface area contributed by atoms with Gasteiger partial charge in [-0.1, -0.05) is 35.5 Å². The standard InChI is InChI=1S/C10H8ClN3OS/c11-8-4-2-1-3-7(8)9(15)5-16-10-12-6-13-14-10/h1-4,6H,5H2,(H,12,13,14). The molecule has 0 atom stereocenters. The van der Waals surface area contributed by atoms with Crippen LogP contribution in [-0.2, 0) is 0 Å². The molecule has 4 nitrogen and oxygen atoms in total. The van der Waals surface area contributed by atoms with Crippen molar-refractivity contribution < 1.29 is 4.79 Å². The average Bonchev–Trinajstić information content (AvgIpc) is 2.79. The number of hydrogen-bond donors (Lipinski definition) is 1. The van der Waals surface area contributed by atoms with E-state index in [0.717, 1.165) is 0 Å². The van der Waals surface area contributed by atoms with E-state index >= 15 is 0 Å². The lowest BCUT2D eigenvalue weighted by Gasteiger charge is -2.01. The van der Waals surface area contributed by atoms with Gasteiger partial charge in [0.15, 0.2) is 10.9 Å². The van der Waals surface area contributed by atoms with Crippen molar-refractivity contribution in [3.8, 4) is 0 Å². The zero-order chi connectivity index (χ0) is 11.4. The molecule has 0 aliphatic heterocycles. The van der Waals surface area contributed by atoms with Gasteiger partial charge in [0.1, 0.15) is 6.33 Å². The number of benzene rings is 1. The number of thioether (sulfide) groups is 1. The maximum atomic E-state index is 11.8. The predicted molar refractivity (Wildman–Crippen MR) is 62.9 cm³/mol. The predicted octanol–water partition coefficient (Wildman–Crippen LogP) is 2.43. The Morgan fingerprint density at radius 1 is 1.44 bits per heavy atom. The third-order valence-electron chi connectivity index (χ3n) is 1.91. The van der Waals surface area contributed by atoms with Crippen LogP contribution in [0.2, 0.25) is 5.02 Å². The fourth-order valence-electron chi connectivity index (χ4n) is 1.16. The minimum Gasteiger partial charge on any atom is -0.293 e.